The van der Waals surface area contributed by atoms with Gasteiger partial charge in [0.2, 0.25) is 0 Å². The highest BCUT2D eigenvalue weighted by Crippen LogP contribution is 2.24. The van der Waals surface area contributed by atoms with Crippen molar-refractivity contribution >= 4 is 19.5 Å². The summed E-state index contributed by atoms with van der Waals surface area (Å²) in [6, 6.07) is 0. The van der Waals surface area contributed by atoms with E-state index in [0.717, 1.165) is 5.62 Å². The highest BCUT2D eigenvalue weighted by Gasteiger charge is 1.80. The van der Waals surface area contributed by atoms with Gasteiger partial charge >= 0.3 is 0 Å². The van der Waals surface area contributed by atoms with Crippen molar-refractivity contribution in [2.45, 2.75) is 0 Å². The maximum absolute atomic E-state index is 5.37. The Balaban J connectivity index is 2.54. The molecule has 0 atom stereocenters. The number of hydrogen-bond donors (Lipinski definition) is 0. The van der Waals surface area contributed by atoms with Crippen molar-refractivity contribution in [1.82, 2.24) is 0 Å². The second-order valence-electron chi connectivity index (χ2n) is 1.20. The number of hydrogen-bond acceptors (Lipinski definition) is 0. The molecular weight excluding hydrogens is 102 g/mol. The summed E-state index contributed by atoms with van der Waals surface area (Å²) >= 11 is 5.37. The SMILES string of the molecule is CP(C)CCl. The Kier molecular flexibility index (Phi) is 3.35. The van der Waals surface area contributed by atoms with Crippen molar-refractivity contribution in [3.05, 3.63) is 0 Å². The molecule has 0 N–H and O–H groups in total. The molecule has 0 bridgehead atoms. The molecular formula is C3H8ClP. The molecule has 32 valence electrons. The lowest BCUT2D eigenvalue weighted by Gasteiger charge is -1.90. The van der Waals surface area contributed by atoms with E-state index in [2.05, 4.69) is 13.3 Å². The molecule has 0 aromatic carbocycles. The van der Waals surface area contributed by atoms with Crippen LogP contribution in [-0.4, -0.2) is 19.0 Å². The molecule has 0 heterocycles. The molecule has 0 saturated carbocycles. The van der Waals surface area contributed by atoms with Crippen LogP contribution in [0.2, 0.25) is 0 Å². The lowest BCUT2D eigenvalue weighted by Crippen LogP contribution is -1.60. The van der Waals surface area contributed by atoms with Gasteiger partial charge in [0.15, 0.2) is 0 Å². The Bertz CT molecular complexity index is 20.9. The molecule has 0 amide bonds. The molecule has 0 radical (unpaired) electrons. The van der Waals surface area contributed by atoms with Gasteiger partial charge in [-0.25, -0.2) is 0 Å². The molecule has 5 heavy (non-hydrogen) atoms. The van der Waals surface area contributed by atoms with Crippen LogP contribution in [0.15, 0.2) is 0 Å². The molecule has 0 fully saturated rings. The first-order valence-corrected chi connectivity index (χ1v) is 4.43. The van der Waals surface area contributed by atoms with Gasteiger partial charge in [-0.1, -0.05) is 7.92 Å². The fourth-order valence-electron chi connectivity index (χ4n) is 0. The summed E-state index contributed by atoms with van der Waals surface area (Å²) in [5.74, 6) is 0. The van der Waals surface area contributed by atoms with Crippen molar-refractivity contribution in [1.29, 1.82) is 0 Å². The zero-order valence-corrected chi connectivity index (χ0v) is 5.18. The molecule has 2 heteroatoms. The van der Waals surface area contributed by atoms with Gasteiger partial charge in [0.1, 0.15) is 0 Å². The molecule has 0 aliphatic carbocycles. The Morgan fingerprint density at radius 1 is 1.60 bits per heavy atom. The van der Waals surface area contributed by atoms with E-state index in [4.69, 9.17) is 11.6 Å². The number of alkyl halides is 1. The summed E-state index contributed by atoms with van der Waals surface area (Å²) in [6.07, 6.45) is 0. The Morgan fingerprint density at radius 3 is 1.80 bits per heavy atom. The first kappa shape index (κ1) is 5.72. The van der Waals surface area contributed by atoms with Gasteiger partial charge < -0.3 is 0 Å². The second-order valence-corrected chi connectivity index (χ2v) is 4.31. The van der Waals surface area contributed by atoms with E-state index in [1.807, 2.05) is 0 Å². The summed E-state index contributed by atoms with van der Waals surface area (Å²) < 4.78 is 0. The van der Waals surface area contributed by atoms with E-state index in [1.165, 1.54) is 0 Å². The van der Waals surface area contributed by atoms with Crippen LogP contribution in [0.5, 0.6) is 0 Å². The van der Waals surface area contributed by atoms with Crippen LogP contribution in [0.3, 0.4) is 0 Å². The van der Waals surface area contributed by atoms with Crippen molar-refractivity contribution in [3.8, 4) is 0 Å². The predicted octanol–water partition coefficient (Wildman–Crippen LogP) is 1.92. The second kappa shape index (κ2) is 2.93. The monoisotopic (exact) mass is 110 g/mol. The van der Waals surface area contributed by atoms with Gasteiger partial charge in [0, 0.05) is 5.62 Å². The summed E-state index contributed by atoms with van der Waals surface area (Å²) in [4.78, 5) is 0. The van der Waals surface area contributed by atoms with Gasteiger partial charge in [-0.2, -0.15) is 0 Å². The van der Waals surface area contributed by atoms with E-state index >= 15 is 0 Å². The third-order valence-electron chi connectivity index (χ3n) is 0.239. The Labute approximate surface area is 39.3 Å². The van der Waals surface area contributed by atoms with Crippen molar-refractivity contribution in [2.24, 2.45) is 0 Å². The minimum Gasteiger partial charge on any atom is -0.122 e. The average Bonchev–Trinajstić information content (AvgIpc) is 1.38. The summed E-state index contributed by atoms with van der Waals surface area (Å²) in [7, 11) is 0.167. The maximum atomic E-state index is 5.37. The van der Waals surface area contributed by atoms with Crippen LogP contribution >= 0.6 is 19.5 Å². The molecule has 0 spiro atoms. The van der Waals surface area contributed by atoms with Crippen molar-refractivity contribution in [2.75, 3.05) is 19.0 Å². The minimum atomic E-state index is 0.167. The minimum absolute atomic E-state index is 0.167. The van der Waals surface area contributed by atoms with Gasteiger partial charge in [-0.05, 0) is 13.3 Å². The van der Waals surface area contributed by atoms with Crippen LogP contribution in [0, 0.1) is 0 Å². The van der Waals surface area contributed by atoms with Crippen LogP contribution in [0.1, 0.15) is 0 Å². The highest BCUT2D eigenvalue weighted by molar-refractivity contribution is 7.57. The smallest absolute Gasteiger partial charge is 0.0418 e. The summed E-state index contributed by atoms with van der Waals surface area (Å²) in [6.45, 7) is 4.31. The molecule has 0 aliphatic heterocycles. The van der Waals surface area contributed by atoms with E-state index < -0.39 is 0 Å². The van der Waals surface area contributed by atoms with Gasteiger partial charge in [-0.3, -0.25) is 0 Å². The number of rotatable bonds is 1. The number of halogens is 1. The summed E-state index contributed by atoms with van der Waals surface area (Å²) in [5.41, 5.74) is 0.843. The van der Waals surface area contributed by atoms with Gasteiger partial charge in [0.25, 0.3) is 0 Å². The van der Waals surface area contributed by atoms with Crippen LogP contribution in [0.4, 0.5) is 0 Å². The molecule has 0 nitrogen and oxygen atoms in total. The first-order valence-electron chi connectivity index (χ1n) is 1.48. The zero-order valence-electron chi connectivity index (χ0n) is 3.53. The Hall–Kier alpha value is 0.720. The van der Waals surface area contributed by atoms with E-state index in [-0.39, 0.29) is 7.92 Å². The first-order chi connectivity index (χ1) is 2.27. The molecule has 0 aliphatic rings. The maximum Gasteiger partial charge on any atom is 0.0418 e. The fraction of sp³-hybridized carbons (Fsp3) is 1.00. The van der Waals surface area contributed by atoms with E-state index in [0.29, 0.717) is 0 Å². The lowest BCUT2D eigenvalue weighted by molar-refractivity contribution is 2.03. The topological polar surface area (TPSA) is 0 Å². The van der Waals surface area contributed by atoms with Crippen molar-refractivity contribution in [3.63, 3.8) is 0 Å². The molecule has 0 aromatic heterocycles. The van der Waals surface area contributed by atoms with Crippen molar-refractivity contribution < 1.29 is 0 Å². The quantitative estimate of drug-likeness (QED) is 0.357. The van der Waals surface area contributed by atoms with E-state index in [9.17, 15) is 0 Å². The molecule has 0 saturated heterocycles. The average molecular weight is 111 g/mol. The predicted molar refractivity (Wildman–Crippen MR) is 29.5 cm³/mol. The van der Waals surface area contributed by atoms with Crippen LogP contribution < -0.4 is 0 Å². The third-order valence-corrected chi connectivity index (χ3v) is 2.15. The normalized spacial score (nSPS) is 9.60. The van der Waals surface area contributed by atoms with Gasteiger partial charge in [0.05, 0.1) is 0 Å². The Morgan fingerprint density at radius 2 is 1.80 bits per heavy atom. The standard InChI is InChI=1S/C3H8ClP/c1-5(2)3-4/h3H2,1-2H3. The van der Waals surface area contributed by atoms with Crippen LogP contribution in [-0.2, 0) is 0 Å². The lowest BCUT2D eigenvalue weighted by atomic mass is 11.8. The highest BCUT2D eigenvalue weighted by atomic mass is 35.5. The third kappa shape index (κ3) is 4.72. The molecule has 0 aromatic rings. The van der Waals surface area contributed by atoms with E-state index in [1.54, 1.807) is 0 Å². The molecule has 0 rings (SSSR count). The van der Waals surface area contributed by atoms with Gasteiger partial charge in [-0.15, -0.1) is 11.6 Å². The van der Waals surface area contributed by atoms with Crippen LogP contribution in [0.25, 0.3) is 0 Å². The fourth-order valence-corrected chi connectivity index (χ4v) is 0. The summed E-state index contributed by atoms with van der Waals surface area (Å²) in [5, 5.41) is 0. The zero-order chi connectivity index (χ0) is 4.28. The largest absolute Gasteiger partial charge is 0.122 e. The molecule has 0 unspecified atom stereocenters.